The van der Waals surface area contributed by atoms with Gasteiger partial charge in [0.15, 0.2) is 0 Å². The molecule has 2 heterocycles. The van der Waals surface area contributed by atoms with Gasteiger partial charge in [-0.3, -0.25) is 0 Å². The Kier molecular flexibility index (Phi) is 3.91. The first kappa shape index (κ1) is 12.3. The van der Waals surface area contributed by atoms with Crippen LogP contribution in [0.5, 0.6) is 0 Å². The van der Waals surface area contributed by atoms with Gasteiger partial charge in [-0.05, 0) is 32.1 Å². The molecule has 1 aromatic rings. The Morgan fingerprint density at radius 3 is 2.76 bits per heavy atom. The normalized spacial score (nSPS) is 17.8. The van der Waals surface area contributed by atoms with Crippen molar-refractivity contribution in [3.05, 3.63) is 23.9 Å². The first-order valence-electron chi connectivity index (χ1n) is 5.86. The second-order valence-corrected chi connectivity index (χ2v) is 4.85. The second-order valence-electron chi connectivity index (χ2n) is 4.41. The van der Waals surface area contributed by atoms with Crippen LogP contribution < -0.4 is 10.6 Å². The van der Waals surface area contributed by atoms with E-state index < -0.39 is 0 Å². The van der Waals surface area contributed by atoms with E-state index in [2.05, 4.69) is 21.8 Å². The second kappa shape index (κ2) is 5.42. The maximum absolute atomic E-state index is 5.56. The van der Waals surface area contributed by atoms with Crippen molar-refractivity contribution in [3.8, 4) is 0 Å². The van der Waals surface area contributed by atoms with Crippen LogP contribution in [0.3, 0.4) is 0 Å². The van der Waals surface area contributed by atoms with Crippen LogP contribution in [0.1, 0.15) is 12.0 Å². The van der Waals surface area contributed by atoms with Crippen molar-refractivity contribution in [1.29, 1.82) is 0 Å². The summed E-state index contributed by atoms with van der Waals surface area (Å²) in [6, 6.07) is 3.94. The van der Waals surface area contributed by atoms with E-state index in [0.29, 0.717) is 4.99 Å². The molecule has 1 fully saturated rings. The highest BCUT2D eigenvalue weighted by molar-refractivity contribution is 7.80. The molecule has 0 saturated carbocycles. The van der Waals surface area contributed by atoms with Crippen molar-refractivity contribution in [3.63, 3.8) is 0 Å². The van der Waals surface area contributed by atoms with Gasteiger partial charge >= 0.3 is 0 Å². The number of rotatable bonds is 2. The van der Waals surface area contributed by atoms with Gasteiger partial charge in [0.1, 0.15) is 10.8 Å². The van der Waals surface area contributed by atoms with E-state index in [1.54, 1.807) is 6.20 Å². The molecule has 0 spiro atoms. The predicted molar refractivity (Wildman–Crippen MR) is 74.5 cm³/mol. The lowest BCUT2D eigenvalue weighted by Crippen LogP contribution is -2.29. The third kappa shape index (κ3) is 3.14. The summed E-state index contributed by atoms with van der Waals surface area (Å²) in [7, 11) is 2.16. The number of anilines is 1. The number of aromatic nitrogens is 1. The van der Waals surface area contributed by atoms with Crippen LogP contribution >= 0.6 is 12.2 Å². The molecule has 92 valence electrons. The maximum Gasteiger partial charge on any atom is 0.128 e. The van der Waals surface area contributed by atoms with Crippen LogP contribution in [0.25, 0.3) is 0 Å². The van der Waals surface area contributed by atoms with E-state index in [1.165, 1.54) is 6.42 Å². The third-order valence-corrected chi connectivity index (χ3v) is 3.31. The minimum absolute atomic E-state index is 0.402. The molecule has 0 amide bonds. The molecule has 0 radical (unpaired) electrons. The molecule has 2 rings (SSSR count). The SMILES string of the molecule is CN1CCCN(c2ccc(C(N)=S)cn2)CC1. The summed E-state index contributed by atoms with van der Waals surface area (Å²) in [4.78, 5) is 9.50. The Balaban J connectivity index is 2.08. The molecule has 2 N–H and O–H groups in total. The van der Waals surface area contributed by atoms with Crippen LogP contribution in [0.2, 0.25) is 0 Å². The maximum atomic E-state index is 5.56. The average molecular weight is 250 g/mol. The average Bonchev–Trinajstić information content (AvgIpc) is 2.54. The standard InChI is InChI=1S/C12H18N4S/c1-15-5-2-6-16(8-7-15)11-4-3-10(9-14-11)12(13)17/h3-4,9H,2,5-8H2,1H3,(H2,13,17). The highest BCUT2D eigenvalue weighted by Gasteiger charge is 2.13. The van der Waals surface area contributed by atoms with E-state index >= 15 is 0 Å². The molecule has 4 nitrogen and oxygen atoms in total. The zero-order valence-electron chi connectivity index (χ0n) is 10.1. The summed E-state index contributed by atoms with van der Waals surface area (Å²) >= 11 is 4.92. The fourth-order valence-corrected chi connectivity index (χ4v) is 2.12. The number of hydrogen-bond donors (Lipinski definition) is 1. The summed E-state index contributed by atoms with van der Waals surface area (Å²) in [6.45, 7) is 4.32. The Bertz CT molecular complexity index is 390. The summed E-state index contributed by atoms with van der Waals surface area (Å²) < 4.78 is 0. The lowest BCUT2D eigenvalue weighted by Gasteiger charge is -2.21. The minimum atomic E-state index is 0.402. The number of pyridine rings is 1. The molecule has 0 unspecified atom stereocenters. The van der Waals surface area contributed by atoms with Gasteiger partial charge in [-0.25, -0.2) is 4.98 Å². The molecule has 1 aromatic heterocycles. The summed E-state index contributed by atoms with van der Waals surface area (Å²) in [5.74, 6) is 1.01. The molecule has 1 saturated heterocycles. The minimum Gasteiger partial charge on any atom is -0.389 e. The van der Waals surface area contributed by atoms with E-state index in [1.807, 2.05) is 12.1 Å². The van der Waals surface area contributed by atoms with E-state index in [-0.39, 0.29) is 0 Å². The smallest absolute Gasteiger partial charge is 0.128 e. The van der Waals surface area contributed by atoms with E-state index in [0.717, 1.165) is 37.6 Å². The van der Waals surface area contributed by atoms with Crippen LogP contribution in [-0.4, -0.2) is 48.1 Å². The van der Waals surface area contributed by atoms with Gasteiger partial charge in [0.05, 0.1) is 0 Å². The number of nitrogens with two attached hydrogens (primary N) is 1. The number of nitrogens with zero attached hydrogens (tertiary/aromatic N) is 3. The molecule has 0 aromatic carbocycles. The van der Waals surface area contributed by atoms with Crippen molar-refractivity contribution in [2.75, 3.05) is 38.1 Å². The van der Waals surface area contributed by atoms with E-state index in [4.69, 9.17) is 18.0 Å². The van der Waals surface area contributed by atoms with E-state index in [9.17, 15) is 0 Å². The first-order valence-corrected chi connectivity index (χ1v) is 6.27. The van der Waals surface area contributed by atoms with Crippen molar-refractivity contribution >= 4 is 23.0 Å². The quantitative estimate of drug-likeness (QED) is 0.789. The Morgan fingerprint density at radius 2 is 2.12 bits per heavy atom. The first-order chi connectivity index (χ1) is 8.16. The van der Waals surface area contributed by atoms with Gasteiger partial charge in [0, 0.05) is 31.4 Å². The summed E-state index contributed by atoms with van der Waals surface area (Å²) in [6.07, 6.45) is 2.93. The summed E-state index contributed by atoms with van der Waals surface area (Å²) in [5.41, 5.74) is 6.39. The van der Waals surface area contributed by atoms with Crippen LogP contribution in [-0.2, 0) is 0 Å². The van der Waals surface area contributed by atoms with Crippen LogP contribution in [0.4, 0.5) is 5.82 Å². The Hall–Kier alpha value is -1.20. The van der Waals surface area contributed by atoms with Crippen LogP contribution in [0, 0.1) is 0 Å². The molecular formula is C12H18N4S. The van der Waals surface area contributed by atoms with Gasteiger partial charge in [0.25, 0.3) is 0 Å². The molecule has 17 heavy (non-hydrogen) atoms. The van der Waals surface area contributed by atoms with Gasteiger partial charge in [-0.1, -0.05) is 12.2 Å². The zero-order chi connectivity index (χ0) is 12.3. The lowest BCUT2D eigenvalue weighted by atomic mass is 10.2. The van der Waals surface area contributed by atoms with Crippen molar-refractivity contribution in [2.24, 2.45) is 5.73 Å². The van der Waals surface area contributed by atoms with Crippen LogP contribution in [0.15, 0.2) is 18.3 Å². The fraction of sp³-hybridized carbons (Fsp3) is 0.500. The highest BCUT2D eigenvalue weighted by atomic mass is 32.1. The Labute approximate surface area is 107 Å². The predicted octanol–water partition coefficient (Wildman–Crippen LogP) is 0.858. The number of likely N-dealkylation sites (N-methyl/N-ethyl adjacent to an activating group) is 1. The number of hydrogen-bond acceptors (Lipinski definition) is 4. The largest absolute Gasteiger partial charge is 0.389 e. The Morgan fingerprint density at radius 1 is 1.29 bits per heavy atom. The molecule has 1 aliphatic rings. The van der Waals surface area contributed by atoms with Gasteiger partial charge in [0.2, 0.25) is 0 Å². The van der Waals surface area contributed by atoms with Crippen molar-refractivity contribution < 1.29 is 0 Å². The van der Waals surface area contributed by atoms with Crippen molar-refractivity contribution in [1.82, 2.24) is 9.88 Å². The van der Waals surface area contributed by atoms with Gasteiger partial charge in [-0.15, -0.1) is 0 Å². The zero-order valence-corrected chi connectivity index (χ0v) is 10.9. The fourth-order valence-electron chi connectivity index (χ4n) is 1.99. The monoisotopic (exact) mass is 250 g/mol. The summed E-state index contributed by atoms with van der Waals surface area (Å²) in [5, 5.41) is 0. The lowest BCUT2D eigenvalue weighted by molar-refractivity contribution is 0.360. The molecule has 0 atom stereocenters. The molecule has 5 heteroatoms. The molecule has 0 bridgehead atoms. The van der Waals surface area contributed by atoms with Crippen molar-refractivity contribution in [2.45, 2.75) is 6.42 Å². The highest BCUT2D eigenvalue weighted by Crippen LogP contribution is 2.13. The van der Waals surface area contributed by atoms with Gasteiger partial charge in [-0.2, -0.15) is 0 Å². The topological polar surface area (TPSA) is 45.4 Å². The molecule has 1 aliphatic heterocycles. The van der Waals surface area contributed by atoms with Gasteiger partial charge < -0.3 is 15.5 Å². The molecule has 0 aliphatic carbocycles. The molecular weight excluding hydrogens is 232 g/mol. The third-order valence-electron chi connectivity index (χ3n) is 3.08. The number of thiocarbonyl (C=S) groups is 1.